The Hall–Kier alpha value is -0.470. The first-order valence-corrected chi connectivity index (χ1v) is 7.11. The smallest absolute Gasteiger partial charge is 0.202 e. The average Bonchev–Trinajstić information content (AvgIpc) is 2.34. The van der Waals surface area contributed by atoms with Crippen LogP contribution in [-0.4, -0.2) is 9.50 Å². The van der Waals surface area contributed by atoms with Crippen LogP contribution < -0.4 is 0 Å². The number of allylic oxidation sites excluding steroid dienone is 4. The summed E-state index contributed by atoms with van der Waals surface area (Å²) in [6.45, 7) is 1.85. The van der Waals surface area contributed by atoms with E-state index in [1.807, 2.05) is 43.4 Å². The molecule has 0 bridgehead atoms. The van der Waals surface area contributed by atoms with E-state index in [0.29, 0.717) is 5.02 Å². The summed E-state index contributed by atoms with van der Waals surface area (Å²) in [5.41, 5.74) is 0.997. The topological polar surface area (TPSA) is 12.4 Å². The van der Waals surface area contributed by atoms with Crippen LogP contribution in [0, 0.1) is 5.41 Å². The van der Waals surface area contributed by atoms with Gasteiger partial charge in [-0.1, -0.05) is 58.6 Å². The predicted molar refractivity (Wildman–Crippen MR) is 85.2 cm³/mol. The highest BCUT2D eigenvalue weighted by Gasteiger charge is 2.41. The number of hydrogen-bond donors (Lipinski definition) is 0. The van der Waals surface area contributed by atoms with Crippen molar-refractivity contribution in [1.82, 2.24) is 0 Å². The maximum atomic E-state index is 5.95. The van der Waals surface area contributed by atoms with Gasteiger partial charge in [0.2, 0.25) is 3.79 Å². The van der Waals surface area contributed by atoms with Crippen molar-refractivity contribution < 1.29 is 0 Å². The van der Waals surface area contributed by atoms with Crippen LogP contribution in [0.1, 0.15) is 6.92 Å². The molecule has 1 nitrogen and oxygen atoms in total. The first kappa shape index (κ1) is 14.9. The zero-order valence-corrected chi connectivity index (χ0v) is 13.1. The fourth-order valence-corrected chi connectivity index (χ4v) is 2.06. The molecule has 0 radical (unpaired) electrons. The molecule has 5 heteroatoms. The molecule has 2 rings (SSSR count). The normalized spacial score (nSPS) is 22.7. The number of benzene rings is 1. The zero-order chi connectivity index (χ0) is 14.1. The van der Waals surface area contributed by atoms with E-state index in [2.05, 4.69) is 4.99 Å². The Bertz CT molecular complexity index is 534. The SMILES string of the molecule is CC1(C(Cl)(Cl)Cl)C=CC(=Nc2ccc(Cl)cc2)C=C1. The van der Waals surface area contributed by atoms with Crippen molar-refractivity contribution in [1.29, 1.82) is 0 Å². The minimum atomic E-state index is -1.38. The molecule has 1 aromatic carbocycles. The Balaban J connectivity index is 2.22. The van der Waals surface area contributed by atoms with Crippen molar-refractivity contribution >= 4 is 57.8 Å². The van der Waals surface area contributed by atoms with E-state index < -0.39 is 9.21 Å². The summed E-state index contributed by atoms with van der Waals surface area (Å²) in [5.74, 6) is 0. The average molecular weight is 335 g/mol. The van der Waals surface area contributed by atoms with Crippen LogP contribution >= 0.6 is 46.4 Å². The van der Waals surface area contributed by atoms with Crippen molar-refractivity contribution in [3.63, 3.8) is 0 Å². The monoisotopic (exact) mass is 333 g/mol. The Labute approximate surface area is 132 Å². The van der Waals surface area contributed by atoms with Gasteiger partial charge in [0.25, 0.3) is 0 Å². The van der Waals surface area contributed by atoms with Gasteiger partial charge in [0.15, 0.2) is 0 Å². The molecular formula is C14H11Cl4N. The van der Waals surface area contributed by atoms with Gasteiger partial charge in [0.1, 0.15) is 0 Å². The predicted octanol–water partition coefficient (Wildman–Crippen LogP) is 5.92. The van der Waals surface area contributed by atoms with E-state index in [1.54, 1.807) is 12.1 Å². The Morgan fingerprint density at radius 2 is 1.53 bits per heavy atom. The van der Waals surface area contributed by atoms with Gasteiger partial charge in [-0.3, -0.25) is 0 Å². The molecule has 0 aliphatic heterocycles. The summed E-state index contributed by atoms with van der Waals surface area (Å²) in [4.78, 5) is 4.46. The second-order valence-corrected chi connectivity index (χ2v) is 7.18. The zero-order valence-electron chi connectivity index (χ0n) is 10.1. The molecule has 100 valence electrons. The number of rotatable bonds is 1. The largest absolute Gasteiger partial charge is 0.249 e. The van der Waals surface area contributed by atoms with Gasteiger partial charge in [-0.2, -0.15) is 0 Å². The number of halogens is 4. The van der Waals surface area contributed by atoms with E-state index in [1.165, 1.54) is 0 Å². The minimum Gasteiger partial charge on any atom is -0.249 e. The highest BCUT2D eigenvalue weighted by atomic mass is 35.6. The summed E-state index contributed by atoms with van der Waals surface area (Å²) in [6.07, 6.45) is 7.37. The standard InChI is InChI=1S/C14H11Cl4N/c1-13(14(16,17)18)8-6-12(7-9-13)19-11-4-2-10(15)3-5-11/h2-9H,1H3. The minimum absolute atomic E-state index is 0.628. The van der Waals surface area contributed by atoms with E-state index in [4.69, 9.17) is 46.4 Å². The van der Waals surface area contributed by atoms with Crippen LogP contribution in [0.25, 0.3) is 0 Å². The molecule has 0 atom stereocenters. The molecule has 0 fully saturated rings. The fourth-order valence-electron chi connectivity index (χ4n) is 1.56. The molecule has 0 spiro atoms. The lowest BCUT2D eigenvalue weighted by molar-refractivity contribution is 0.565. The van der Waals surface area contributed by atoms with E-state index in [9.17, 15) is 0 Å². The summed E-state index contributed by atoms with van der Waals surface area (Å²) < 4.78 is -1.38. The summed E-state index contributed by atoms with van der Waals surface area (Å²) in [5, 5.41) is 0.683. The highest BCUT2D eigenvalue weighted by molar-refractivity contribution is 6.68. The Morgan fingerprint density at radius 3 is 2.00 bits per heavy atom. The summed E-state index contributed by atoms with van der Waals surface area (Å²) in [6, 6.07) is 7.28. The molecule has 19 heavy (non-hydrogen) atoms. The van der Waals surface area contributed by atoms with Gasteiger partial charge in [-0.05, 0) is 43.3 Å². The van der Waals surface area contributed by atoms with Gasteiger partial charge in [0, 0.05) is 5.02 Å². The molecular weight excluding hydrogens is 324 g/mol. The molecule has 0 aromatic heterocycles. The van der Waals surface area contributed by atoms with Crippen LogP contribution in [0.4, 0.5) is 5.69 Å². The van der Waals surface area contributed by atoms with Gasteiger partial charge in [-0.15, -0.1) is 0 Å². The Kier molecular flexibility index (Phi) is 4.32. The molecule has 1 aromatic rings. The van der Waals surface area contributed by atoms with Gasteiger partial charge in [-0.25, -0.2) is 4.99 Å². The maximum absolute atomic E-state index is 5.95. The molecule has 0 amide bonds. The highest BCUT2D eigenvalue weighted by Crippen LogP contribution is 2.47. The molecule has 1 aliphatic carbocycles. The Morgan fingerprint density at radius 1 is 1.00 bits per heavy atom. The molecule has 0 N–H and O–H groups in total. The lowest BCUT2D eigenvalue weighted by Gasteiger charge is -2.31. The summed E-state index contributed by atoms with van der Waals surface area (Å²) >= 11 is 23.7. The molecule has 0 unspecified atom stereocenters. The number of alkyl halides is 3. The second-order valence-electron chi connectivity index (χ2n) is 4.46. The van der Waals surface area contributed by atoms with Crippen molar-refractivity contribution in [3.8, 4) is 0 Å². The van der Waals surface area contributed by atoms with Crippen LogP contribution in [-0.2, 0) is 0 Å². The molecule has 0 saturated carbocycles. The van der Waals surface area contributed by atoms with Crippen molar-refractivity contribution in [2.24, 2.45) is 10.4 Å². The third kappa shape index (κ3) is 3.55. The van der Waals surface area contributed by atoms with Crippen LogP contribution in [0.3, 0.4) is 0 Å². The fraction of sp³-hybridized carbons (Fsp3) is 0.214. The molecule has 0 heterocycles. The van der Waals surface area contributed by atoms with Gasteiger partial charge in [0.05, 0.1) is 16.8 Å². The third-order valence-electron chi connectivity index (χ3n) is 2.90. The maximum Gasteiger partial charge on any atom is 0.202 e. The molecule has 0 saturated heterocycles. The first-order chi connectivity index (χ1) is 8.80. The van der Waals surface area contributed by atoms with E-state index in [0.717, 1.165) is 11.4 Å². The summed E-state index contributed by atoms with van der Waals surface area (Å²) in [7, 11) is 0. The van der Waals surface area contributed by atoms with Crippen LogP contribution in [0.15, 0.2) is 53.6 Å². The van der Waals surface area contributed by atoms with E-state index in [-0.39, 0.29) is 0 Å². The van der Waals surface area contributed by atoms with Crippen molar-refractivity contribution in [2.75, 3.05) is 0 Å². The van der Waals surface area contributed by atoms with Crippen LogP contribution in [0.5, 0.6) is 0 Å². The van der Waals surface area contributed by atoms with Gasteiger partial charge >= 0.3 is 0 Å². The van der Waals surface area contributed by atoms with Crippen molar-refractivity contribution in [3.05, 3.63) is 53.6 Å². The second kappa shape index (κ2) is 5.49. The number of aliphatic imine (C=N–C) groups is 1. The first-order valence-electron chi connectivity index (χ1n) is 5.60. The molecule has 1 aliphatic rings. The lowest BCUT2D eigenvalue weighted by atomic mass is 9.87. The van der Waals surface area contributed by atoms with Crippen molar-refractivity contribution in [2.45, 2.75) is 10.7 Å². The number of hydrogen-bond acceptors (Lipinski definition) is 1. The van der Waals surface area contributed by atoms with E-state index >= 15 is 0 Å². The quantitative estimate of drug-likeness (QED) is 0.565. The number of nitrogens with zero attached hydrogens (tertiary/aromatic N) is 1. The van der Waals surface area contributed by atoms with Gasteiger partial charge < -0.3 is 0 Å². The third-order valence-corrected chi connectivity index (χ3v) is 4.37. The lowest BCUT2D eigenvalue weighted by Crippen LogP contribution is -2.29. The van der Waals surface area contributed by atoms with Crippen LogP contribution in [0.2, 0.25) is 5.02 Å².